The van der Waals surface area contributed by atoms with Crippen molar-refractivity contribution in [1.29, 1.82) is 0 Å². The second-order valence-electron chi connectivity index (χ2n) is 5.19. The molecule has 0 heterocycles. The van der Waals surface area contributed by atoms with Crippen molar-refractivity contribution < 1.29 is 14.6 Å². The average Bonchev–Trinajstić information content (AvgIpc) is 3.20. The Hall–Kier alpha value is -1.55. The van der Waals surface area contributed by atoms with Crippen LogP contribution in [0.15, 0.2) is 24.3 Å². The first-order chi connectivity index (χ1) is 9.17. The molecule has 1 aliphatic carbocycles. The number of hydrogen-bond donors (Lipinski definition) is 2. The zero-order valence-electron chi connectivity index (χ0n) is 11.3. The van der Waals surface area contributed by atoms with Crippen LogP contribution < -0.4 is 10.1 Å². The maximum absolute atomic E-state index is 11.8. The summed E-state index contributed by atoms with van der Waals surface area (Å²) >= 11 is 0. The molecular weight excluding hydrogens is 242 g/mol. The normalized spacial score (nSPS) is 15.9. The number of ether oxygens (including phenoxy) is 1. The van der Waals surface area contributed by atoms with Crippen LogP contribution in [0.2, 0.25) is 0 Å². The predicted molar refractivity (Wildman–Crippen MR) is 73.1 cm³/mol. The number of rotatable bonds is 7. The lowest BCUT2D eigenvalue weighted by molar-refractivity contribution is -0.120. The van der Waals surface area contributed by atoms with Gasteiger partial charge in [0.15, 0.2) is 0 Å². The van der Waals surface area contributed by atoms with Crippen molar-refractivity contribution >= 4 is 5.91 Å². The van der Waals surface area contributed by atoms with Crippen molar-refractivity contribution in [2.75, 3.05) is 19.8 Å². The molecule has 0 aromatic heterocycles. The Kier molecular flexibility index (Phi) is 4.43. The topological polar surface area (TPSA) is 58.6 Å². The van der Waals surface area contributed by atoms with Crippen molar-refractivity contribution in [3.05, 3.63) is 29.8 Å². The Balaban J connectivity index is 1.78. The molecule has 1 aromatic rings. The van der Waals surface area contributed by atoms with Crippen molar-refractivity contribution in [1.82, 2.24) is 5.32 Å². The first-order valence-electron chi connectivity index (χ1n) is 6.77. The van der Waals surface area contributed by atoms with E-state index < -0.39 is 0 Å². The summed E-state index contributed by atoms with van der Waals surface area (Å²) in [5.41, 5.74) is 0.934. The van der Waals surface area contributed by atoms with Gasteiger partial charge in [0.05, 0.1) is 19.6 Å². The van der Waals surface area contributed by atoms with Crippen LogP contribution in [0.1, 0.15) is 25.3 Å². The number of carbonyl (C=O) groups is 1. The highest BCUT2D eigenvalue weighted by atomic mass is 16.5. The second kappa shape index (κ2) is 6.06. The summed E-state index contributed by atoms with van der Waals surface area (Å²) in [5, 5.41) is 12.1. The third-order valence-corrected chi connectivity index (χ3v) is 3.55. The minimum Gasteiger partial charge on any atom is -0.494 e. The number of carbonyl (C=O) groups excluding carboxylic acids is 1. The largest absolute Gasteiger partial charge is 0.494 e. The van der Waals surface area contributed by atoms with Gasteiger partial charge in [-0.2, -0.15) is 0 Å². The van der Waals surface area contributed by atoms with Crippen LogP contribution in [-0.4, -0.2) is 30.8 Å². The summed E-state index contributed by atoms with van der Waals surface area (Å²) in [6.45, 7) is 3.33. The second-order valence-corrected chi connectivity index (χ2v) is 5.19. The Bertz CT molecular complexity index is 424. The van der Waals surface area contributed by atoms with E-state index in [0.29, 0.717) is 19.6 Å². The lowest BCUT2D eigenvalue weighted by Crippen LogP contribution is -2.32. The molecule has 2 rings (SSSR count). The molecule has 4 nitrogen and oxygen atoms in total. The third-order valence-electron chi connectivity index (χ3n) is 3.55. The van der Waals surface area contributed by atoms with Crippen LogP contribution in [0.4, 0.5) is 0 Å². The standard InChI is InChI=1S/C15H21NO3/c1-2-19-13-5-3-12(4-6-13)9-14(18)16-10-15(11-17)7-8-15/h3-6,17H,2,7-11H2,1H3,(H,16,18). The molecule has 2 N–H and O–H groups in total. The number of benzene rings is 1. The van der Waals surface area contributed by atoms with Gasteiger partial charge in [0, 0.05) is 12.0 Å². The highest BCUT2D eigenvalue weighted by Crippen LogP contribution is 2.44. The minimum atomic E-state index is -0.0333. The molecule has 4 heteroatoms. The molecule has 1 saturated carbocycles. The van der Waals surface area contributed by atoms with E-state index in [1.807, 2.05) is 31.2 Å². The van der Waals surface area contributed by atoms with Crippen molar-refractivity contribution in [2.24, 2.45) is 5.41 Å². The fraction of sp³-hybridized carbons (Fsp3) is 0.533. The zero-order chi connectivity index (χ0) is 13.7. The van der Waals surface area contributed by atoms with Gasteiger partial charge in [0.25, 0.3) is 0 Å². The smallest absolute Gasteiger partial charge is 0.224 e. The van der Waals surface area contributed by atoms with E-state index in [-0.39, 0.29) is 17.9 Å². The Morgan fingerprint density at radius 1 is 1.37 bits per heavy atom. The van der Waals surface area contributed by atoms with Gasteiger partial charge in [-0.3, -0.25) is 4.79 Å². The van der Waals surface area contributed by atoms with E-state index in [9.17, 15) is 9.90 Å². The molecule has 1 aliphatic rings. The van der Waals surface area contributed by atoms with Crippen LogP contribution in [0, 0.1) is 5.41 Å². The van der Waals surface area contributed by atoms with Crippen molar-refractivity contribution in [2.45, 2.75) is 26.2 Å². The molecular formula is C15H21NO3. The Morgan fingerprint density at radius 3 is 2.58 bits per heavy atom. The highest BCUT2D eigenvalue weighted by molar-refractivity contribution is 5.78. The number of aliphatic hydroxyl groups excluding tert-OH is 1. The molecule has 19 heavy (non-hydrogen) atoms. The molecule has 0 bridgehead atoms. The number of nitrogens with one attached hydrogen (secondary N) is 1. The summed E-state index contributed by atoms with van der Waals surface area (Å²) in [6, 6.07) is 7.57. The summed E-state index contributed by atoms with van der Waals surface area (Å²) < 4.78 is 5.35. The predicted octanol–water partition coefficient (Wildman–Crippen LogP) is 1.52. The lowest BCUT2D eigenvalue weighted by atomic mass is 10.1. The van der Waals surface area contributed by atoms with E-state index in [0.717, 1.165) is 24.2 Å². The SMILES string of the molecule is CCOc1ccc(CC(=O)NCC2(CO)CC2)cc1. The molecule has 104 valence electrons. The summed E-state index contributed by atoms with van der Waals surface area (Å²) in [7, 11) is 0. The maximum atomic E-state index is 11.8. The van der Waals surface area contributed by atoms with Gasteiger partial charge >= 0.3 is 0 Å². The summed E-state index contributed by atoms with van der Waals surface area (Å²) in [6.07, 6.45) is 2.38. The zero-order valence-corrected chi connectivity index (χ0v) is 11.3. The van der Waals surface area contributed by atoms with Crippen LogP contribution in [0.3, 0.4) is 0 Å². The maximum Gasteiger partial charge on any atom is 0.224 e. The van der Waals surface area contributed by atoms with Gasteiger partial charge in [-0.1, -0.05) is 12.1 Å². The van der Waals surface area contributed by atoms with Gasteiger partial charge in [-0.15, -0.1) is 0 Å². The molecule has 0 aliphatic heterocycles. The van der Waals surface area contributed by atoms with Crippen LogP contribution in [0.25, 0.3) is 0 Å². The number of aliphatic hydroxyl groups is 1. The van der Waals surface area contributed by atoms with E-state index >= 15 is 0 Å². The fourth-order valence-corrected chi connectivity index (χ4v) is 1.97. The lowest BCUT2D eigenvalue weighted by Gasteiger charge is -2.12. The van der Waals surface area contributed by atoms with E-state index in [4.69, 9.17) is 4.74 Å². The van der Waals surface area contributed by atoms with Gasteiger partial charge in [0.2, 0.25) is 5.91 Å². The Morgan fingerprint density at radius 2 is 2.05 bits per heavy atom. The van der Waals surface area contributed by atoms with Gasteiger partial charge in [-0.05, 0) is 37.5 Å². The van der Waals surface area contributed by atoms with Crippen LogP contribution in [0.5, 0.6) is 5.75 Å². The van der Waals surface area contributed by atoms with Crippen LogP contribution in [-0.2, 0) is 11.2 Å². The van der Waals surface area contributed by atoms with Crippen molar-refractivity contribution in [3.63, 3.8) is 0 Å². The van der Waals surface area contributed by atoms with E-state index in [1.54, 1.807) is 0 Å². The average molecular weight is 263 g/mol. The minimum absolute atomic E-state index is 0.00360. The molecule has 1 aromatic carbocycles. The summed E-state index contributed by atoms with van der Waals surface area (Å²) in [4.78, 5) is 11.8. The number of amides is 1. The highest BCUT2D eigenvalue weighted by Gasteiger charge is 2.41. The first-order valence-corrected chi connectivity index (χ1v) is 6.77. The van der Waals surface area contributed by atoms with Crippen LogP contribution >= 0.6 is 0 Å². The van der Waals surface area contributed by atoms with E-state index in [1.165, 1.54) is 0 Å². The molecule has 0 unspecified atom stereocenters. The first kappa shape index (κ1) is 13.9. The molecule has 0 atom stereocenters. The van der Waals surface area contributed by atoms with Gasteiger partial charge in [0.1, 0.15) is 5.75 Å². The van der Waals surface area contributed by atoms with Crippen molar-refractivity contribution in [3.8, 4) is 5.75 Å². The van der Waals surface area contributed by atoms with Gasteiger partial charge in [-0.25, -0.2) is 0 Å². The summed E-state index contributed by atoms with van der Waals surface area (Å²) in [5.74, 6) is 0.827. The molecule has 0 radical (unpaired) electrons. The van der Waals surface area contributed by atoms with Gasteiger partial charge < -0.3 is 15.2 Å². The third kappa shape index (κ3) is 3.96. The fourth-order valence-electron chi connectivity index (χ4n) is 1.97. The quantitative estimate of drug-likeness (QED) is 0.784. The monoisotopic (exact) mass is 263 g/mol. The Labute approximate surface area is 113 Å². The number of hydrogen-bond acceptors (Lipinski definition) is 3. The van der Waals surface area contributed by atoms with E-state index in [2.05, 4.69) is 5.32 Å². The molecule has 1 amide bonds. The molecule has 0 spiro atoms. The molecule has 0 saturated heterocycles. The molecule has 1 fully saturated rings.